The van der Waals surface area contributed by atoms with Crippen LogP contribution in [0.2, 0.25) is 0 Å². The Kier molecular flexibility index (Phi) is 3.61. The zero-order valence-corrected chi connectivity index (χ0v) is 12.9. The van der Waals surface area contributed by atoms with Gasteiger partial charge < -0.3 is 0 Å². The first-order valence-electron chi connectivity index (χ1n) is 7.32. The van der Waals surface area contributed by atoms with Crippen LogP contribution in [0, 0.1) is 0 Å². The van der Waals surface area contributed by atoms with Gasteiger partial charge in [-0.05, 0) is 38.1 Å². The van der Waals surface area contributed by atoms with Crippen LogP contribution in [0.4, 0.5) is 5.69 Å². The van der Waals surface area contributed by atoms with Gasteiger partial charge >= 0.3 is 0 Å². The number of benzene rings is 2. The molecule has 0 fully saturated rings. The molecule has 2 heteroatoms. The Labute approximate surface area is 126 Å². The van der Waals surface area contributed by atoms with Gasteiger partial charge in [0.05, 0.1) is 0 Å². The van der Waals surface area contributed by atoms with Gasteiger partial charge in [0.15, 0.2) is 0 Å². The van der Waals surface area contributed by atoms with Crippen LogP contribution in [0.15, 0.2) is 71.9 Å². The molecule has 0 spiro atoms. The predicted molar refractivity (Wildman–Crippen MR) is 88.9 cm³/mol. The van der Waals surface area contributed by atoms with Gasteiger partial charge in [-0.1, -0.05) is 36.4 Å². The minimum Gasteiger partial charge on any atom is -0.290 e. The molecule has 0 radical (unpaired) electrons. The van der Waals surface area contributed by atoms with Crippen molar-refractivity contribution in [2.24, 2.45) is 0 Å². The Balaban J connectivity index is 2.04. The van der Waals surface area contributed by atoms with Gasteiger partial charge in [-0.15, -0.1) is 0 Å². The summed E-state index contributed by atoms with van der Waals surface area (Å²) in [6.45, 7) is 5.29. The molecule has 2 nitrogen and oxygen atoms in total. The third kappa shape index (κ3) is 2.49. The van der Waals surface area contributed by atoms with Gasteiger partial charge in [0.2, 0.25) is 12.4 Å². The van der Waals surface area contributed by atoms with Crippen molar-refractivity contribution in [1.29, 1.82) is 0 Å². The zero-order valence-electron chi connectivity index (χ0n) is 12.9. The van der Waals surface area contributed by atoms with Gasteiger partial charge in [0.1, 0.15) is 7.05 Å². The van der Waals surface area contributed by atoms with E-state index in [1.54, 1.807) is 0 Å². The highest BCUT2D eigenvalue weighted by Crippen LogP contribution is 2.25. The first-order valence-corrected chi connectivity index (χ1v) is 7.32. The van der Waals surface area contributed by atoms with Crippen molar-refractivity contribution in [2.45, 2.75) is 13.8 Å². The minimum atomic E-state index is 0.872. The minimum absolute atomic E-state index is 0.872. The van der Waals surface area contributed by atoms with Gasteiger partial charge in [0, 0.05) is 22.5 Å². The van der Waals surface area contributed by atoms with E-state index >= 15 is 0 Å². The standard InChI is InChI=1S/C19H21N2/c1-15-16(2)21(18-12-8-5-9-13-18)14-20(3)19(15)17-10-6-4-7-11-17/h4-13H,14H2,1-3H3/q+1. The molecule has 106 valence electrons. The van der Waals surface area contributed by atoms with E-state index in [9.17, 15) is 0 Å². The number of allylic oxidation sites excluding steroid dienone is 2. The first kappa shape index (κ1) is 13.6. The van der Waals surface area contributed by atoms with Crippen molar-refractivity contribution < 1.29 is 4.58 Å². The Bertz CT molecular complexity index is 697. The summed E-state index contributed by atoms with van der Waals surface area (Å²) in [5.41, 5.74) is 6.50. The summed E-state index contributed by atoms with van der Waals surface area (Å²) < 4.78 is 2.32. The van der Waals surface area contributed by atoms with Crippen LogP contribution in [0.25, 0.3) is 0 Å². The highest BCUT2D eigenvalue weighted by molar-refractivity contribution is 6.10. The molecular formula is C19H21N2+. The van der Waals surface area contributed by atoms with Crippen LogP contribution in [0.3, 0.4) is 0 Å². The Morgan fingerprint density at radius 1 is 0.857 bits per heavy atom. The maximum atomic E-state index is 2.36. The molecule has 0 amide bonds. The summed E-state index contributed by atoms with van der Waals surface area (Å²) in [6.07, 6.45) is 0. The van der Waals surface area contributed by atoms with E-state index in [0.717, 1.165) is 6.67 Å². The quantitative estimate of drug-likeness (QED) is 0.755. The highest BCUT2D eigenvalue weighted by Gasteiger charge is 2.27. The van der Waals surface area contributed by atoms with Crippen molar-refractivity contribution in [2.75, 3.05) is 18.6 Å². The van der Waals surface area contributed by atoms with Crippen LogP contribution in [0.1, 0.15) is 19.4 Å². The molecular weight excluding hydrogens is 256 g/mol. The van der Waals surface area contributed by atoms with Crippen molar-refractivity contribution in [3.63, 3.8) is 0 Å². The average molecular weight is 277 g/mol. The van der Waals surface area contributed by atoms with Crippen LogP contribution in [-0.2, 0) is 0 Å². The first-order chi connectivity index (χ1) is 10.2. The maximum Gasteiger partial charge on any atom is 0.222 e. The molecule has 0 saturated carbocycles. The molecule has 0 aromatic heterocycles. The number of hydrogen-bond acceptors (Lipinski definition) is 1. The lowest BCUT2D eigenvalue weighted by Gasteiger charge is -2.29. The zero-order chi connectivity index (χ0) is 14.8. The second-order valence-corrected chi connectivity index (χ2v) is 5.53. The topological polar surface area (TPSA) is 6.25 Å². The number of anilines is 1. The molecule has 1 aliphatic rings. The molecule has 21 heavy (non-hydrogen) atoms. The Morgan fingerprint density at radius 3 is 2.05 bits per heavy atom. The van der Waals surface area contributed by atoms with Crippen molar-refractivity contribution >= 4 is 11.4 Å². The van der Waals surface area contributed by atoms with E-state index in [1.165, 1.54) is 28.2 Å². The highest BCUT2D eigenvalue weighted by atomic mass is 15.3. The van der Waals surface area contributed by atoms with Crippen LogP contribution in [-0.4, -0.2) is 24.0 Å². The monoisotopic (exact) mass is 277 g/mol. The second-order valence-electron chi connectivity index (χ2n) is 5.53. The van der Waals surface area contributed by atoms with Crippen molar-refractivity contribution in [3.8, 4) is 0 Å². The van der Waals surface area contributed by atoms with E-state index in [1.807, 2.05) is 0 Å². The fraction of sp³-hybridized carbons (Fsp3) is 0.211. The van der Waals surface area contributed by atoms with E-state index in [2.05, 4.69) is 91.0 Å². The van der Waals surface area contributed by atoms with Crippen LogP contribution >= 0.6 is 0 Å². The molecule has 0 aliphatic carbocycles. The molecule has 1 heterocycles. The van der Waals surface area contributed by atoms with Gasteiger partial charge in [-0.2, -0.15) is 0 Å². The van der Waals surface area contributed by atoms with Crippen LogP contribution in [0.5, 0.6) is 0 Å². The molecule has 1 aliphatic heterocycles. The van der Waals surface area contributed by atoms with Crippen LogP contribution < -0.4 is 4.90 Å². The van der Waals surface area contributed by atoms with E-state index in [0.29, 0.717) is 0 Å². The third-order valence-corrected chi connectivity index (χ3v) is 4.15. The molecule has 0 N–H and O–H groups in total. The Hall–Kier alpha value is -2.35. The molecule has 0 saturated heterocycles. The van der Waals surface area contributed by atoms with Gasteiger partial charge in [-0.3, -0.25) is 4.90 Å². The van der Waals surface area contributed by atoms with E-state index in [-0.39, 0.29) is 0 Å². The smallest absolute Gasteiger partial charge is 0.222 e. The molecule has 0 unspecified atom stereocenters. The number of hydrogen-bond donors (Lipinski definition) is 0. The lowest BCUT2D eigenvalue weighted by molar-refractivity contribution is -0.496. The van der Waals surface area contributed by atoms with Gasteiger partial charge in [-0.25, -0.2) is 4.58 Å². The summed E-state index contributed by atoms with van der Waals surface area (Å²) in [5, 5.41) is 0. The summed E-state index contributed by atoms with van der Waals surface area (Å²) >= 11 is 0. The second kappa shape index (κ2) is 5.57. The Morgan fingerprint density at radius 2 is 1.43 bits per heavy atom. The molecule has 3 rings (SSSR count). The van der Waals surface area contributed by atoms with Crippen molar-refractivity contribution in [3.05, 3.63) is 77.5 Å². The lowest BCUT2D eigenvalue weighted by Crippen LogP contribution is -2.39. The lowest BCUT2D eigenvalue weighted by atomic mass is 9.99. The summed E-state index contributed by atoms with van der Waals surface area (Å²) in [7, 11) is 2.16. The largest absolute Gasteiger partial charge is 0.290 e. The van der Waals surface area contributed by atoms with E-state index < -0.39 is 0 Å². The molecule has 0 bridgehead atoms. The molecule has 0 atom stereocenters. The summed E-state index contributed by atoms with van der Waals surface area (Å²) in [5.74, 6) is 0. The fourth-order valence-corrected chi connectivity index (χ4v) is 2.97. The number of nitrogens with zero attached hydrogens (tertiary/aromatic N) is 2. The fourth-order valence-electron chi connectivity index (χ4n) is 2.97. The van der Waals surface area contributed by atoms with Gasteiger partial charge in [0.25, 0.3) is 0 Å². The number of para-hydroxylation sites is 1. The SMILES string of the molecule is CC1=C(C)N(c2ccccc2)C[N+](C)=C1c1ccccc1. The molecule has 2 aromatic carbocycles. The summed E-state index contributed by atoms with van der Waals surface area (Å²) in [6, 6.07) is 21.2. The average Bonchev–Trinajstić information content (AvgIpc) is 2.53. The van der Waals surface area contributed by atoms with Crippen molar-refractivity contribution in [1.82, 2.24) is 0 Å². The maximum absolute atomic E-state index is 2.36. The summed E-state index contributed by atoms with van der Waals surface area (Å²) in [4.78, 5) is 2.36. The number of rotatable bonds is 2. The third-order valence-electron chi connectivity index (χ3n) is 4.15. The molecule has 2 aromatic rings. The normalized spacial score (nSPS) is 15.7. The van der Waals surface area contributed by atoms with E-state index in [4.69, 9.17) is 0 Å². The predicted octanol–water partition coefficient (Wildman–Crippen LogP) is 3.89.